The lowest BCUT2D eigenvalue weighted by molar-refractivity contribution is 0.0507. The number of alkyl carbamates (subject to hydrolysis) is 1. The minimum atomic E-state index is -0.585. The molecule has 2 N–H and O–H groups in total. The van der Waals surface area contributed by atoms with Crippen molar-refractivity contribution in [1.29, 1.82) is 0 Å². The number of nitrogens with one attached hydrogen (secondary N) is 2. The van der Waals surface area contributed by atoms with Crippen molar-refractivity contribution in [3.63, 3.8) is 0 Å². The van der Waals surface area contributed by atoms with Crippen LogP contribution in [0.2, 0.25) is 0 Å². The van der Waals surface area contributed by atoms with Gasteiger partial charge in [0.1, 0.15) is 17.2 Å². The van der Waals surface area contributed by atoms with Gasteiger partial charge in [0.05, 0.1) is 6.04 Å². The van der Waals surface area contributed by atoms with Crippen LogP contribution in [0.25, 0.3) is 0 Å². The molecule has 2 unspecified atom stereocenters. The predicted molar refractivity (Wildman–Crippen MR) is 105 cm³/mol. The number of carbonyl (C=O) groups is 1. The van der Waals surface area contributed by atoms with E-state index in [1.54, 1.807) is 7.05 Å². The van der Waals surface area contributed by atoms with Gasteiger partial charge in [0.15, 0.2) is 5.96 Å². The number of halogens is 2. The van der Waals surface area contributed by atoms with E-state index < -0.39 is 23.3 Å². The van der Waals surface area contributed by atoms with Crippen LogP contribution in [0.1, 0.15) is 45.6 Å². The lowest BCUT2D eigenvalue weighted by Crippen LogP contribution is -2.44. The molecule has 1 aliphatic heterocycles. The van der Waals surface area contributed by atoms with Crippen LogP contribution < -0.4 is 10.6 Å². The summed E-state index contributed by atoms with van der Waals surface area (Å²) in [6, 6.07) is 3.60. The van der Waals surface area contributed by atoms with Crippen molar-refractivity contribution in [2.24, 2.45) is 4.99 Å². The van der Waals surface area contributed by atoms with Crippen LogP contribution in [0.5, 0.6) is 0 Å². The third-order valence-corrected chi connectivity index (χ3v) is 4.48. The van der Waals surface area contributed by atoms with Crippen LogP contribution >= 0.6 is 0 Å². The Morgan fingerprint density at radius 1 is 1.39 bits per heavy atom. The normalized spacial score (nSPS) is 18.8. The molecular weight excluding hydrogens is 366 g/mol. The van der Waals surface area contributed by atoms with E-state index in [-0.39, 0.29) is 12.0 Å². The highest BCUT2D eigenvalue weighted by atomic mass is 19.1. The van der Waals surface area contributed by atoms with Gasteiger partial charge in [-0.25, -0.2) is 13.6 Å². The standard InChI is InChI=1S/C20H30F2N4O2/c1-13(16-7-6-14(21)10-17(16)22)11-24-18(23-5)26-9-8-15(12-26)25-19(27)28-20(2,3)4/h6-7,10,13,15H,8-9,11-12H2,1-5H3,(H,23,24)(H,25,27). The second kappa shape index (κ2) is 9.21. The quantitative estimate of drug-likeness (QED) is 0.606. The van der Waals surface area contributed by atoms with E-state index in [0.717, 1.165) is 19.0 Å². The summed E-state index contributed by atoms with van der Waals surface area (Å²) in [4.78, 5) is 18.2. The second-order valence-electron chi connectivity index (χ2n) is 8.07. The highest BCUT2D eigenvalue weighted by molar-refractivity contribution is 5.80. The van der Waals surface area contributed by atoms with Gasteiger partial charge in [-0.15, -0.1) is 0 Å². The molecule has 1 fully saturated rings. The number of benzene rings is 1. The highest BCUT2D eigenvalue weighted by Crippen LogP contribution is 2.19. The Balaban J connectivity index is 1.86. The molecule has 1 amide bonds. The molecule has 2 rings (SSSR count). The summed E-state index contributed by atoms with van der Waals surface area (Å²) in [6.45, 7) is 9.14. The van der Waals surface area contributed by atoms with Crippen molar-refractivity contribution in [3.05, 3.63) is 35.4 Å². The molecule has 1 heterocycles. The van der Waals surface area contributed by atoms with Gasteiger partial charge in [0.25, 0.3) is 0 Å². The number of ether oxygens (including phenoxy) is 1. The fourth-order valence-electron chi connectivity index (χ4n) is 3.13. The number of guanidine groups is 1. The van der Waals surface area contributed by atoms with Gasteiger partial charge in [-0.2, -0.15) is 0 Å². The fraction of sp³-hybridized carbons (Fsp3) is 0.600. The van der Waals surface area contributed by atoms with Crippen LogP contribution in [0.15, 0.2) is 23.2 Å². The average molecular weight is 396 g/mol. The van der Waals surface area contributed by atoms with E-state index in [9.17, 15) is 13.6 Å². The number of hydrogen-bond donors (Lipinski definition) is 2. The SMILES string of the molecule is CN=C(NCC(C)c1ccc(F)cc1F)N1CCC(NC(=O)OC(C)(C)C)C1. The summed E-state index contributed by atoms with van der Waals surface area (Å²) in [5, 5.41) is 6.11. The maximum atomic E-state index is 13.9. The Bertz CT molecular complexity index is 719. The second-order valence-corrected chi connectivity index (χ2v) is 8.07. The molecular formula is C20H30F2N4O2. The van der Waals surface area contributed by atoms with Gasteiger partial charge in [0.2, 0.25) is 0 Å². The minimum Gasteiger partial charge on any atom is -0.444 e. The minimum absolute atomic E-state index is 0.0274. The molecule has 1 aromatic carbocycles. The third kappa shape index (κ3) is 6.35. The van der Waals surface area contributed by atoms with Gasteiger partial charge >= 0.3 is 6.09 Å². The maximum absolute atomic E-state index is 13.9. The van der Waals surface area contributed by atoms with E-state index in [1.807, 2.05) is 32.6 Å². The average Bonchev–Trinajstić information content (AvgIpc) is 3.01. The number of amides is 1. The molecule has 0 spiro atoms. The number of carbonyl (C=O) groups excluding carboxylic acids is 1. The molecule has 8 heteroatoms. The van der Waals surface area contributed by atoms with Crippen molar-refractivity contribution in [2.75, 3.05) is 26.7 Å². The maximum Gasteiger partial charge on any atom is 0.407 e. The molecule has 0 aromatic heterocycles. The lowest BCUT2D eigenvalue weighted by atomic mass is 10.0. The van der Waals surface area contributed by atoms with Crippen LogP contribution in [0, 0.1) is 11.6 Å². The fourth-order valence-corrected chi connectivity index (χ4v) is 3.13. The monoisotopic (exact) mass is 396 g/mol. The van der Waals surface area contributed by atoms with Crippen molar-refractivity contribution >= 4 is 12.1 Å². The summed E-state index contributed by atoms with van der Waals surface area (Å²) in [7, 11) is 1.68. The Kier molecular flexibility index (Phi) is 7.21. The van der Waals surface area contributed by atoms with Gasteiger partial charge in [-0.1, -0.05) is 13.0 Å². The molecule has 0 bridgehead atoms. The molecule has 156 valence electrons. The summed E-state index contributed by atoms with van der Waals surface area (Å²) >= 11 is 0. The molecule has 1 aliphatic rings. The molecule has 0 saturated carbocycles. The van der Waals surface area contributed by atoms with Gasteiger partial charge < -0.3 is 20.3 Å². The molecule has 0 radical (unpaired) electrons. The van der Waals surface area contributed by atoms with Gasteiger partial charge in [0, 0.05) is 38.7 Å². The van der Waals surface area contributed by atoms with Crippen molar-refractivity contribution in [2.45, 2.75) is 51.7 Å². The Hall–Kier alpha value is -2.38. The predicted octanol–water partition coefficient (Wildman–Crippen LogP) is 3.24. The largest absolute Gasteiger partial charge is 0.444 e. The molecule has 2 atom stereocenters. The van der Waals surface area contributed by atoms with Crippen LogP contribution in [-0.2, 0) is 4.74 Å². The molecule has 0 aliphatic carbocycles. The van der Waals surface area contributed by atoms with E-state index >= 15 is 0 Å². The van der Waals surface area contributed by atoms with Crippen LogP contribution in [0.4, 0.5) is 13.6 Å². The first-order valence-electron chi connectivity index (χ1n) is 9.49. The number of rotatable bonds is 4. The number of nitrogens with zero attached hydrogens (tertiary/aromatic N) is 2. The summed E-state index contributed by atoms with van der Waals surface area (Å²) in [5.41, 5.74) is -0.0820. The van der Waals surface area contributed by atoms with Gasteiger partial charge in [-0.05, 0) is 38.8 Å². The van der Waals surface area contributed by atoms with E-state index in [2.05, 4.69) is 15.6 Å². The highest BCUT2D eigenvalue weighted by Gasteiger charge is 2.28. The smallest absolute Gasteiger partial charge is 0.407 e. The van der Waals surface area contributed by atoms with E-state index in [4.69, 9.17) is 4.74 Å². The van der Waals surface area contributed by atoms with E-state index in [0.29, 0.717) is 24.6 Å². The van der Waals surface area contributed by atoms with E-state index in [1.165, 1.54) is 12.1 Å². The Labute approximate surface area is 165 Å². The zero-order chi connectivity index (χ0) is 20.9. The number of hydrogen-bond acceptors (Lipinski definition) is 3. The first-order valence-corrected chi connectivity index (χ1v) is 9.49. The lowest BCUT2D eigenvalue weighted by Gasteiger charge is -2.24. The number of aliphatic imine (C=N–C) groups is 1. The zero-order valence-electron chi connectivity index (χ0n) is 17.2. The molecule has 1 aromatic rings. The Morgan fingerprint density at radius 3 is 2.71 bits per heavy atom. The van der Waals surface area contributed by atoms with Crippen LogP contribution in [-0.4, -0.2) is 55.3 Å². The summed E-state index contributed by atoms with van der Waals surface area (Å²) < 4.78 is 32.3. The van der Waals surface area contributed by atoms with Crippen molar-refractivity contribution in [1.82, 2.24) is 15.5 Å². The first-order chi connectivity index (χ1) is 13.1. The van der Waals surface area contributed by atoms with Crippen molar-refractivity contribution in [3.8, 4) is 0 Å². The molecule has 28 heavy (non-hydrogen) atoms. The topological polar surface area (TPSA) is 66.0 Å². The molecule has 1 saturated heterocycles. The van der Waals surface area contributed by atoms with Gasteiger partial charge in [-0.3, -0.25) is 4.99 Å². The number of likely N-dealkylation sites (tertiary alicyclic amines) is 1. The molecule has 6 nitrogen and oxygen atoms in total. The zero-order valence-corrected chi connectivity index (χ0v) is 17.2. The summed E-state index contributed by atoms with van der Waals surface area (Å²) in [6.07, 6.45) is 0.352. The van der Waals surface area contributed by atoms with Crippen LogP contribution in [0.3, 0.4) is 0 Å². The summed E-state index contributed by atoms with van der Waals surface area (Å²) in [5.74, 6) is -0.608. The first kappa shape index (κ1) is 21.9. The third-order valence-electron chi connectivity index (χ3n) is 4.48. The Morgan fingerprint density at radius 2 is 2.11 bits per heavy atom. The van der Waals surface area contributed by atoms with Crippen molar-refractivity contribution < 1.29 is 18.3 Å².